The summed E-state index contributed by atoms with van der Waals surface area (Å²) in [6, 6.07) is 2.16. The molecule has 1 saturated carbocycles. The van der Waals surface area contributed by atoms with Crippen molar-refractivity contribution < 1.29 is 4.74 Å². The van der Waals surface area contributed by atoms with Crippen molar-refractivity contribution in [3.63, 3.8) is 0 Å². The first-order valence-corrected chi connectivity index (χ1v) is 8.30. The summed E-state index contributed by atoms with van der Waals surface area (Å²) in [5.41, 5.74) is 4.34. The van der Waals surface area contributed by atoms with Gasteiger partial charge in [0.2, 0.25) is 0 Å². The number of aromatic nitrogens is 3. The van der Waals surface area contributed by atoms with Gasteiger partial charge < -0.3 is 9.64 Å². The summed E-state index contributed by atoms with van der Waals surface area (Å²) in [7, 11) is 0. The van der Waals surface area contributed by atoms with Gasteiger partial charge in [0.15, 0.2) is 5.65 Å². The van der Waals surface area contributed by atoms with E-state index in [1.165, 1.54) is 31.2 Å². The predicted molar refractivity (Wildman–Crippen MR) is 86.6 cm³/mol. The average molecular weight is 300 g/mol. The molecule has 0 unspecified atom stereocenters. The number of morpholine rings is 1. The standard InChI is InChI=1S/C17H24N4O/c1-12-10-15(21-16(18-12)13(2)14(3)19-21)20-8-9-22-17(11-20)6-4-5-7-17/h10H,4-9,11H2,1-3H3. The number of rotatable bonds is 1. The van der Waals surface area contributed by atoms with Crippen LogP contribution in [0.25, 0.3) is 5.65 Å². The smallest absolute Gasteiger partial charge is 0.160 e. The van der Waals surface area contributed by atoms with Gasteiger partial charge in [-0.3, -0.25) is 0 Å². The third-order valence-corrected chi connectivity index (χ3v) is 5.25. The minimum atomic E-state index is 0.0684. The van der Waals surface area contributed by atoms with Gasteiger partial charge >= 0.3 is 0 Å². The van der Waals surface area contributed by atoms with Gasteiger partial charge in [0.05, 0.1) is 17.9 Å². The van der Waals surface area contributed by atoms with Crippen LogP contribution in [-0.2, 0) is 4.74 Å². The van der Waals surface area contributed by atoms with Crippen LogP contribution in [0.3, 0.4) is 0 Å². The zero-order valence-electron chi connectivity index (χ0n) is 13.7. The van der Waals surface area contributed by atoms with Crippen molar-refractivity contribution in [3.05, 3.63) is 23.0 Å². The first-order valence-electron chi connectivity index (χ1n) is 8.30. The molecule has 1 saturated heterocycles. The van der Waals surface area contributed by atoms with E-state index in [2.05, 4.69) is 36.7 Å². The third-order valence-electron chi connectivity index (χ3n) is 5.25. The van der Waals surface area contributed by atoms with Crippen LogP contribution in [0.4, 0.5) is 5.82 Å². The Balaban J connectivity index is 1.78. The number of fused-ring (bicyclic) bond motifs is 1. The second-order valence-corrected chi connectivity index (χ2v) is 6.86. The van der Waals surface area contributed by atoms with Crippen LogP contribution in [0, 0.1) is 20.8 Å². The molecule has 22 heavy (non-hydrogen) atoms. The second kappa shape index (κ2) is 4.95. The van der Waals surface area contributed by atoms with Crippen LogP contribution < -0.4 is 4.90 Å². The SMILES string of the molecule is Cc1cc(N2CCOC3(CCCC3)C2)n2nc(C)c(C)c2n1. The molecule has 0 atom stereocenters. The van der Waals surface area contributed by atoms with Crippen LogP contribution in [0.1, 0.15) is 42.6 Å². The Kier molecular flexibility index (Phi) is 3.15. The molecular formula is C17H24N4O. The maximum atomic E-state index is 6.16. The lowest BCUT2D eigenvalue weighted by Crippen LogP contribution is -2.51. The van der Waals surface area contributed by atoms with Crippen molar-refractivity contribution in [1.29, 1.82) is 0 Å². The monoisotopic (exact) mass is 300 g/mol. The van der Waals surface area contributed by atoms with Crippen molar-refractivity contribution >= 4 is 11.5 Å². The molecule has 118 valence electrons. The summed E-state index contributed by atoms with van der Waals surface area (Å²) in [5.74, 6) is 1.16. The predicted octanol–water partition coefficient (Wildman–Crippen LogP) is 2.80. The van der Waals surface area contributed by atoms with Gasteiger partial charge in [-0.2, -0.15) is 9.61 Å². The Bertz CT molecular complexity index is 715. The van der Waals surface area contributed by atoms with E-state index in [0.717, 1.165) is 42.5 Å². The average Bonchev–Trinajstić information content (AvgIpc) is 3.05. The molecule has 1 aliphatic heterocycles. The highest BCUT2D eigenvalue weighted by Gasteiger charge is 2.40. The summed E-state index contributed by atoms with van der Waals surface area (Å²) in [6.07, 6.45) is 4.96. The fraction of sp³-hybridized carbons (Fsp3) is 0.647. The van der Waals surface area contributed by atoms with E-state index in [4.69, 9.17) is 9.84 Å². The molecule has 0 amide bonds. The largest absolute Gasteiger partial charge is 0.371 e. The maximum absolute atomic E-state index is 6.16. The molecule has 0 bridgehead atoms. The normalized spacial score (nSPS) is 21.1. The molecule has 0 aromatic carbocycles. The van der Waals surface area contributed by atoms with E-state index in [0.29, 0.717) is 0 Å². The van der Waals surface area contributed by atoms with E-state index in [1.807, 2.05) is 4.52 Å². The highest BCUT2D eigenvalue weighted by atomic mass is 16.5. The van der Waals surface area contributed by atoms with Crippen molar-refractivity contribution in [3.8, 4) is 0 Å². The molecule has 2 aromatic rings. The van der Waals surface area contributed by atoms with Crippen molar-refractivity contribution in [2.75, 3.05) is 24.6 Å². The van der Waals surface area contributed by atoms with Crippen LogP contribution in [0.5, 0.6) is 0 Å². The molecule has 0 N–H and O–H groups in total. The first kappa shape index (κ1) is 14.0. The molecule has 1 spiro atoms. The van der Waals surface area contributed by atoms with Crippen LogP contribution in [0.15, 0.2) is 6.07 Å². The van der Waals surface area contributed by atoms with Crippen LogP contribution in [-0.4, -0.2) is 39.9 Å². The lowest BCUT2D eigenvalue weighted by molar-refractivity contribution is -0.0504. The van der Waals surface area contributed by atoms with E-state index in [1.54, 1.807) is 0 Å². The van der Waals surface area contributed by atoms with Crippen molar-refractivity contribution in [2.45, 2.75) is 52.1 Å². The van der Waals surface area contributed by atoms with Gasteiger partial charge in [-0.1, -0.05) is 12.8 Å². The molecular weight excluding hydrogens is 276 g/mol. The molecule has 0 radical (unpaired) electrons. The zero-order valence-corrected chi connectivity index (χ0v) is 13.7. The van der Waals surface area contributed by atoms with Gasteiger partial charge in [0, 0.05) is 30.4 Å². The zero-order chi connectivity index (χ0) is 15.3. The summed E-state index contributed by atoms with van der Waals surface area (Å²) in [6.45, 7) is 8.94. The minimum absolute atomic E-state index is 0.0684. The lowest BCUT2D eigenvalue weighted by atomic mass is 10.00. The second-order valence-electron chi connectivity index (χ2n) is 6.86. The number of aryl methyl sites for hydroxylation is 3. The number of hydrogen-bond donors (Lipinski definition) is 0. The van der Waals surface area contributed by atoms with Crippen LogP contribution in [0.2, 0.25) is 0 Å². The fourth-order valence-electron chi connectivity index (χ4n) is 3.92. The number of hydrogen-bond acceptors (Lipinski definition) is 4. The molecule has 4 rings (SSSR count). The Labute approximate surface area is 131 Å². The minimum Gasteiger partial charge on any atom is -0.371 e. The van der Waals surface area contributed by atoms with E-state index in [-0.39, 0.29) is 5.60 Å². The molecule has 5 heteroatoms. The maximum Gasteiger partial charge on any atom is 0.160 e. The van der Waals surface area contributed by atoms with Gasteiger partial charge in [-0.05, 0) is 33.6 Å². The third kappa shape index (κ3) is 2.10. The van der Waals surface area contributed by atoms with E-state index in [9.17, 15) is 0 Å². The lowest BCUT2D eigenvalue weighted by Gasteiger charge is -2.41. The Morgan fingerprint density at radius 1 is 1.18 bits per heavy atom. The van der Waals surface area contributed by atoms with Gasteiger partial charge in [0.1, 0.15) is 5.82 Å². The summed E-state index contributed by atoms with van der Waals surface area (Å²) >= 11 is 0. The fourth-order valence-corrected chi connectivity index (χ4v) is 3.92. The number of anilines is 1. The van der Waals surface area contributed by atoms with E-state index < -0.39 is 0 Å². The molecule has 1 aliphatic carbocycles. The molecule has 3 heterocycles. The summed E-state index contributed by atoms with van der Waals surface area (Å²) in [5, 5.41) is 4.72. The van der Waals surface area contributed by atoms with E-state index >= 15 is 0 Å². The number of ether oxygens (including phenoxy) is 1. The van der Waals surface area contributed by atoms with Gasteiger partial charge in [-0.25, -0.2) is 4.98 Å². The van der Waals surface area contributed by atoms with Crippen molar-refractivity contribution in [1.82, 2.24) is 14.6 Å². The first-order chi connectivity index (χ1) is 10.6. The summed E-state index contributed by atoms with van der Waals surface area (Å²) < 4.78 is 8.18. The molecule has 5 nitrogen and oxygen atoms in total. The molecule has 2 fully saturated rings. The quantitative estimate of drug-likeness (QED) is 0.812. The Morgan fingerprint density at radius 3 is 2.73 bits per heavy atom. The Morgan fingerprint density at radius 2 is 1.95 bits per heavy atom. The Hall–Kier alpha value is -1.62. The summed E-state index contributed by atoms with van der Waals surface area (Å²) in [4.78, 5) is 7.13. The molecule has 2 aliphatic rings. The topological polar surface area (TPSA) is 42.7 Å². The van der Waals surface area contributed by atoms with Gasteiger partial charge in [0.25, 0.3) is 0 Å². The van der Waals surface area contributed by atoms with Gasteiger partial charge in [-0.15, -0.1) is 0 Å². The highest BCUT2D eigenvalue weighted by Crippen LogP contribution is 2.37. The van der Waals surface area contributed by atoms with Crippen molar-refractivity contribution in [2.24, 2.45) is 0 Å². The van der Waals surface area contributed by atoms with Crippen LogP contribution >= 0.6 is 0 Å². The number of nitrogens with zero attached hydrogens (tertiary/aromatic N) is 4. The highest BCUT2D eigenvalue weighted by molar-refractivity contribution is 5.57. The molecule has 2 aromatic heterocycles.